The van der Waals surface area contributed by atoms with E-state index in [0.717, 1.165) is 55.0 Å². The molecule has 40 heavy (non-hydrogen) atoms. The van der Waals surface area contributed by atoms with Gasteiger partial charge in [-0.25, -0.2) is 19.6 Å². The molecule has 1 atom stereocenters. The molecule has 1 saturated heterocycles. The van der Waals surface area contributed by atoms with Crippen molar-refractivity contribution >= 4 is 23.7 Å². The van der Waals surface area contributed by atoms with E-state index < -0.39 is 17.3 Å². The van der Waals surface area contributed by atoms with Gasteiger partial charge in [0, 0.05) is 48.5 Å². The second-order valence-electron chi connectivity index (χ2n) is 13.5. The van der Waals surface area contributed by atoms with Crippen molar-refractivity contribution in [3.8, 4) is 0 Å². The molecule has 0 saturated carbocycles. The predicted molar refractivity (Wildman–Crippen MR) is 154 cm³/mol. The zero-order chi connectivity index (χ0) is 28.9. The number of alkyl carbamates (subject to hydrolysis) is 1. The molecular weight excluding hydrogens is 506 g/mol. The molecule has 1 aliphatic carbocycles. The Bertz CT molecular complexity index is 1290. The van der Waals surface area contributed by atoms with Gasteiger partial charge in [-0.2, -0.15) is 0 Å². The highest BCUT2D eigenvalue weighted by Crippen LogP contribution is 2.51. The fourth-order valence-corrected chi connectivity index (χ4v) is 6.21. The summed E-state index contributed by atoms with van der Waals surface area (Å²) in [6, 6.07) is 6.45. The van der Waals surface area contributed by atoms with Crippen LogP contribution in [-0.2, 0) is 27.9 Å². The predicted octanol–water partition coefficient (Wildman–Crippen LogP) is 5.97. The molecule has 1 aromatic carbocycles. The maximum atomic E-state index is 12.8. The number of benzene rings is 1. The quantitative estimate of drug-likeness (QED) is 0.504. The van der Waals surface area contributed by atoms with E-state index >= 15 is 0 Å². The first-order chi connectivity index (χ1) is 18.7. The van der Waals surface area contributed by atoms with E-state index in [-0.39, 0.29) is 11.5 Å². The summed E-state index contributed by atoms with van der Waals surface area (Å²) in [5.74, 6) is 1.42. The van der Waals surface area contributed by atoms with E-state index in [1.807, 2.05) is 46.4 Å². The number of likely N-dealkylation sites (tertiary alicyclic amines) is 1. The second-order valence-corrected chi connectivity index (χ2v) is 13.5. The van der Waals surface area contributed by atoms with E-state index in [2.05, 4.69) is 40.3 Å². The van der Waals surface area contributed by atoms with Gasteiger partial charge in [0.2, 0.25) is 0 Å². The third kappa shape index (κ3) is 5.74. The van der Waals surface area contributed by atoms with Gasteiger partial charge in [-0.05, 0) is 90.3 Å². The van der Waals surface area contributed by atoms with E-state index in [1.54, 1.807) is 6.33 Å². The number of fused-ring (bicyclic) bond motifs is 3. The van der Waals surface area contributed by atoms with Crippen molar-refractivity contribution in [3.05, 3.63) is 46.9 Å². The van der Waals surface area contributed by atoms with Gasteiger partial charge in [0.15, 0.2) is 0 Å². The number of nitrogens with zero attached hydrogens (tertiary/aromatic N) is 4. The van der Waals surface area contributed by atoms with Crippen molar-refractivity contribution in [1.82, 2.24) is 20.2 Å². The molecule has 216 valence electrons. The zero-order valence-corrected chi connectivity index (χ0v) is 25.0. The van der Waals surface area contributed by atoms with Crippen molar-refractivity contribution in [2.24, 2.45) is 0 Å². The Morgan fingerprint density at radius 3 is 2.42 bits per heavy atom. The maximum absolute atomic E-state index is 12.8. The van der Waals surface area contributed by atoms with Crippen LogP contribution in [0.25, 0.3) is 0 Å². The number of amides is 2. The number of hydrogen-bond donors (Lipinski definition) is 1. The van der Waals surface area contributed by atoms with Crippen molar-refractivity contribution in [1.29, 1.82) is 0 Å². The Balaban J connectivity index is 1.44. The Morgan fingerprint density at radius 2 is 1.75 bits per heavy atom. The number of hydrogen-bond acceptors (Lipinski definition) is 7. The highest BCUT2D eigenvalue weighted by molar-refractivity contribution is 5.75. The summed E-state index contributed by atoms with van der Waals surface area (Å²) >= 11 is 0. The Labute approximate surface area is 237 Å². The van der Waals surface area contributed by atoms with Gasteiger partial charge in [-0.1, -0.05) is 19.1 Å². The monoisotopic (exact) mass is 549 g/mol. The van der Waals surface area contributed by atoms with E-state index in [1.165, 1.54) is 11.1 Å². The lowest BCUT2D eigenvalue weighted by Crippen LogP contribution is -2.48. The van der Waals surface area contributed by atoms with Crippen molar-refractivity contribution in [3.63, 3.8) is 0 Å². The number of aryl methyl sites for hydroxylation is 1. The minimum Gasteiger partial charge on any atom is -0.444 e. The van der Waals surface area contributed by atoms with Crippen LogP contribution in [0.3, 0.4) is 0 Å². The molecule has 0 radical (unpaired) electrons. The van der Waals surface area contributed by atoms with Gasteiger partial charge < -0.3 is 24.6 Å². The van der Waals surface area contributed by atoms with E-state index in [9.17, 15) is 9.59 Å². The van der Waals surface area contributed by atoms with Crippen LogP contribution in [-0.4, -0.2) is 57.9 Å². The maximum Gasteiger partial charge on any atom is 0.410 e. The largest absolute Gasteiger partial charge is 0.444 e. The van der Waals surface area contributed by atoms with Crippen LogP contribution in [0, 0.1) is 0 Å². The smallest absolute Gasteiger partial charge is 0.410 e. The SMILES string of the molecule is C[C@@H]1CCc2ncnc(N3CC4(CCN(C(=O)OC(C)(C)C)CC4)c4cc(CNC(=O)OC(C)(C)C)ccc43)c21. The molecule has 2 amide bonds. The first-order valence-corrected chi connectivity index (χ1v) is 14.4. The minimum atomic E-state index is -0.552. The average molecular weight is 550 g/mol. The first kappa shape index (κ1) is 28.2. The standard InChI is InChI=1S/C31H43N5O4/c1-20-8-10-23-25(20)26(34-19-33-23)36-18-31(12-14-35(15-13-31)28(38)40-30(5,6)7)22-16-21(9-11-24(22)36)17-32-27(37)39-29(2,3)4/h9,11,16,19-20H,8,10,12-15,17-18H2,1-7H3,(H,32,37)/t20-/m1/s1. The third-order valence-electron chi connectivity index (χ3n) is 8.10. The number of aromatic nitrogens is 2. The molecule has 3 heterocycles. The molecule has 2 aliphatic heterocycles. The summed E-state index contributed by atoms with van der Waals surface area (Å²) in [6.07, 6.45) is 4.73. The topological polar surface area (TPSA) is 96.9 Å². The number of ether oxygens (including phenoxy) is 2. The Kier molecular flexibility index (Phi) is 7.21. The molecule has 9 heteroatoms. The van der Waals surface area contributed by atoms with Crippen LogP contribution in [0.5, 0.6) is 0 Å². The summed E-state index contributed by atoms with van der Waals surface area (Å²) in [4.78, 5) is 38.8. The highest BCUT2D eigenvalue weighted by atomic mass is 16.6. The molecule has 1 fully saturated rings. The summed E-state index contributed by atoms with van der Waals surface area (Å²) in [7, 11) is 0. The highest BCUT2D eigenvalue weighted by Gasteiger charge is 2.47. The lowest BCUT2D eigenvalue weighted by atomic mass is 9.74. The molecule has 0 bridgehead atoms. The molecule has 3 aliphatic rings. The molecule has 9 nitrogen and oxygen atoms in total. The summed E-state index contributed by atoms with van der Waals surface area (Å²) in [5, 5.41) is 2.90. The fourth-order valence-electron chi connectivity index (χ4n) is 6.21. The number of rotatable bonds is 3. The van der Waals surface area contributed by atoms with E-state index in [4.69, 9.17) is 14.5 Å². The Hall–Kier alpha value is -3.36. The molecule has 2 aromatic rings. The molecule has 0 unspecified atom stereocenters. The van der Waals surface area contributed by atoms with Gasteiger partial charge in [0.25, 0.3) is 0 Å². The van der Waals surface area contributed by atoms with Crippen LogP contribution >= 0.6 is 0 Å². The number of nitrogens with one attached hydrogen (secondary N) is 1. The molecule has 1 aromatic heterocycles. The van der Waals surface area contributed by atoms with Crippen LogP contribution in [0.1, 0.15) is 96.0 Å². The normalized spacial score (nSPS) is 19.8. The fraction of sp³-hybridized carbons (Fsp3) is 0.613. The van der Waals surface area contributed by atoms with Gasteiger partial charge in [0.05, 0.1) is 0 Å². The number of carbonyl (C=O) groups is 2. The minimum absolute atomic E-state index is 0.143. The van der Waals surface area contributed by atoms with Crippen molar-refractivity contribution in [2.75, 3.05) is 24.5 Å². The third-order valence-corrected chi connectivity index (χ3v) is 8.10. The molecule has 1 N–H and O–H groups in total. The van der Waals surface area contributed by atoms with Crippen molar-refractivity contribution < 1.29 is 19.1 Å². The summed E-state index contributed by atoms with van der Waals surface area (Å²) in [6.45, 7) is 15.9. The van der Waals surface area contributed by atoms with Gasteiger partial charge >= 0.3 is 12.2 Å². The van der Waals surface area contributed by atoms with Crippen LogP contribution < -0.4 is 10.2 Å². The molecular formula is C31H43N5O4. The molecule has 1 spiro atoms. The second kappa shape index (κ2) is 10.2. The first-order valence-electron chi connectivity index (χ1n) is 14.4. The summed E-state index contributed by atoms with van der Waals surface area (Å²) in [5.41, 5.74) is 4.60. The lowest BCUT2D eigenvalue weighted by molar-refractivity contribution is 0.0170. The van der Waals surface area contributed by atoms with Crippen molar-refractivity contribution in [2.45, 2.75) is 103 Å². The van der Waals surface area contributed by atoms with Crippen LogP contribution in [0.15, 0.2) is 24.5 Å². The number of anilines is 2. The van der Waals surface area contributed by atoms with E-state index in [0.29, 0.717) is 25.6 Å². The van der Waals surface area contributed by atoms with Gasteiger partial charge in [-0.15, -0.1) is 0 Å². The molecule has 5 rings (SSSR count). The van der Waals surface area contributed by atoms with Gasteiger partial charge in [0.1, 0.15) is 23.3 Å². The van der Waals surface area contributed by atoms with Crippen LogP contribution in [0.2, 0.25) is 0 Å². The van der Waals surface area contributed by atoms with Crippen LogP contribution in [0.4, 0.5) is 21.1 Å². The zero-order valence-electron chi connectivity index (χ0n) is 25.0. The Morgan fingerprint density at radius 1 is 1.05 bits per heavy atom. The van der Waals surface area contributed by atoms with Gasteiger partial charge in [-0.3, -0.25) is 0 Å². The average Bonchev–Trinajstić information content (AvgIpc) is 3.39. The number of piperidine rings is 1. The number of carbonyl (C=O) groups excluding carboxylic acids is 2. The summed E-state index contributed by atoms with van der Waals surface area (Å²) < 4.78 is 11.1. The lowest BCUT2D eigenvalue weighted by Gasteiger charge is -2.40.